The summed E-state index contributed by atoms with van der Waals surface area (Å²) in [6, 6.07) is 6.50. The van der Waals surface area contributed by atoms with Crippen molar-refractivity contribution < 1.29 is 14.3 Å². The van der Waals surface area contributed by atoms with Gasteiger partial charge in [-0.3, -0.25) is 9.59 Å². The number of nitrogens with zero attached hydrogens (tertiary/aromatic N) is 3. The van der Waals surface area contributed by atoms with Crippen molar-refractivity contribution in [2.24, 2.45) is 5.92 Å². The molecule has 6 nitrogen and oxygen atoms in total. The van der Waals surface area contributed by atoms with Crippen molar-refractivity contribution in [3.8, 4) is 5.75 Å². The van der Waals surface area contributed by atoms with Gasteiger partial charge in [0.25, 0.3) is 0 Å². The van der Waals surface area contributed by atoms with Gasteiger partial charge in [-0.1, -0.05) is 6.07 Å². The number of hydrogen-bond acceptors (Lipinski definition) is 4. The van der Waals surface area contributed by atoms with Gasteiger partial charge in [0.15, 0.2) is 0 Å². The zero-order chi connectivity index (χ0) is 19.7. The highest BCUT2D eigenvalue weighted by atomic mass is 16.5. The second-order valence-electron chi connectivity index (χ2n) is 8.04. The number of piperidine rings is 1. The van der Waals surface area contributed by atoms with Crippen LogP contribution in [0.1, 0.15) is 31.7 Å². The molecule has 3 rings (SSSR count). The van der Waals surface area contributed by atoms with Gasteiger partial charge in [-0.05, 0) is 51.4 Å². The van der Waals surface area contributed by atoms with Crippen LogP contribution >= 0.6 is 0 Å². The van der Waals surface area contributed by atoms with E-state index >= 15 is 0 Å². The molecule has 6 heteroatoms. The molecule has 27 heavy (non-hydrogen) atoms. The second-order valence-corrected chi connectivity index (χ2v) is 8.04. The fourth-order valence-corrected chi connectivity index (χ4v) is 4.20. The van der Waals surface area contributed by atoms with Gasteiger partial charge in [-0.15, -0.1) is 0 Å². The Kier molecular flexibility index (Phi) is 5.75. The zero-order valence-corrected chi connectivity index (χ0v) is 17.1. The van der Waals surface area contributed by atoms with E-state index in [-0.39, 0.29) is 30.2 Å². The average Bonchev–Trinajstić information content (AvgIpc) is 3.04. The lowest BCUT2D eigenvalue weighted by atomic mass is 9.96. The molecule has 0 aliphatic carbocycles. The van der Waals surface area contributed by atoms with Crippen LogP contribution in [-0.2, 0) is 9.59 Å². The van der Waals surface area contributed by atoms with E-state index < -0.39 is 0 Å². The lowest BCUT2D eigenvalue weighted by Gasteiger charge is -2.40. The highest BCUT2D eigenvalue weighted by molar-refractivity contribution is 6.01. The third-order valence-electron chi connectivity index (χ3n) is 6.18. The second kappa shape index (κ2) is 7.89. The number of likely N-dealkylation sites (tertiary alicyclic amines) is 1. The van der Waals surface area contributed by atoms with E-state index in [1.54, 1.807) is 12.0 Å². The molecule has 0 bridgehead atoms. The van der Waals surface area contributed by atoms with E-state index in [1.807, 2.05) is 37.1 Å². The number of amides is 2. The summed E-state index contributed by atoms with van der Waals surface area (Å²) in [4.78, 5) is 31.7. The summed E-state index contributed by atoms with van der Waals surface area (Å²) >= 11 is 0. The maximum atomic E-state index is 13.1. The van der Waals surface area contributed by atoms with E-state index in [0.29, 0.717) is 18.3 Å². The average molecular weight is 373 g/mol. The molecule has 1 aromatic carbocycles. The van der Waals surface area contributed by atoms with Gasteiger partial charge in [0, 0.05) is 38.6 Å². The van der Waals surface area contributed by atoms with Crippen LogP contribution < -0.4 is 9.64 Å². The minimum Gasteiger partial charge on any atom is -0.495 e. The number of benzene rings is 1. The van der Waals surface area contributed by atoms with Crippen molar-refractivity contribution in [1.82, 2.24) is 9.80 Å². The van der Waals surface area contributed by atoms with Gasteiger partial charge >= 0.3 is 0 Å². The minimum atomic E-state index is -0.289. The molecule has 3 atom stereocenters. The molecule has 0 unspecified atom stereocenters. The van der Waals surface area contributed by atoms with E-state index in [1.165, 1.54) is 0 Å². The maximum absolute atomic E-state index is 13.1. The van der Waals surface area contributed by atoms with Crippen molar-refractivity contribution in [3.05, 3.63) is 23.8 Å². The molecule has 0 aromatic heterocycles. The molecule has 1 aromatic rings. The molecule has 0 saturated carbocycles. The Labute approximate surface area is 162 Å². The molecule has 2 aliphatic heterocycles. The summed E-state index contributed by atoms with van der Waals surface area (Å²) < 4.78 is 5.43. The number of methoxy groups -OCH3 is 1. The Hall–Kier alpha value is -2.08. The SMILES string of the molecule is COc1ccc(C)cc1N1C[C@H](C(=O)N(C)[C@H]2CCN(C)[C@H](C)C2)CC1=O. The van der Waals surface area contributed by atoms with Crippen LogP contribution in [-0.4, -0.2) is 68.0 Å². The topological polar surface area (TPSA) is 53.1 Å². The van der Waals surface area contributed by atoms with Crippen LogP contribution in [0.5, 0.6) is 5.75 Å². The van der Waals surface area contributed by atoms with Crippen LogP contribution in [0.25, 0.3) is 0 Å². The summed E-state index contributed by atoms with van der Waals surface area (Å²) in [5.74, 6) is 0.448. The van der Waals surface area contributed by atoms with Gasteiger partial charge in [0.05, 0.1) is 18.7 Å². The zero-order valence-electron chi connectivity index (χ0n) is 17.1. The third kappa shape index (κ3) is 3.95. The largest absolute Gasteiger partial charge is 0.495 e. The molecular formula is C21H31N3O3. The van der Waals surface area contributed by atoms with Crippen LogP contribution in [0.4, 0.5) is 5.69 Å². The summed E-state index contributed by atoms with van der Waals surface area (Å²) in [7, 11) is 5.63. The number of hydrogen-bond donors (Lipinski definition) is 0. The highest BCUT2D eigenvalue weighted by Crippen LogP contribution is 2.34. The molecule has 0 N–H and O–H groups in total. The Balaban J connectivity index is 1.71. The number of carbonyl (C=O) groups is 2. The predicted octanol–water partition coefficient (Wildman–Crippen LogP) is 2.30. The van der Waals surface area contributed by atoms with Crippen molar-refractivity contribution in [2.75, 3.05) is 39.2 Å². The van der Waals surface area contributed by atoms with Crippen molar-refractivity contribution in [3.63, 3.8) is 0 Å². The summed E-state index contributed by atoms with van der Waals surface area (Å²) in [5, 5.41) is 0. The third-order valence-corrected chi connectivity index (χ3v) is 6.18. The van der Waals surface area contributed by atoms with E-state index in [2.05, 4.69) is 18.9 Å². The normalized spacial score (nSPS) is 26.3. The number of ether oxygens (including phenoxy) is 1. The molecular weight excluding hydrogens is 342 g/mol. The first kappa shape index (κ1) is 19.7. The van der Waals surface area contributed by atoms with Crippen molar-refractivity contribution >= 4 is 17.5 Å². The summed E-state index contributed by atoms with van der Waals surface area (Å²) in [5.41, 5.74) is 1.82. The molecule has 0 radical (unpaired) electrons. The molecule has 2 amide bonds. The number of carbonyl (C=O) groups excluding carboxylic acids is 2. The fourth-order valence-electron chi connectivity index (χ4n) is 4.20. The first-order valence-electron chi connectivity index (χ1n) is 9.73. The van der Waals surface area contributed by atoms with Gasteiger partial charge in [0.1, 0.15) is 5.75 Å². The van der Waals surface area contributed by atoms with Crippen LogP contribution in [0.2, 0.25) is 0 Å². The van der Waals surface area contributed by atoms with Crippen LogP contribution in [0, 0.1) is 12.8 Å². The van der Waals surface area contributed by atoms with Gasteiger partial charge in [-0.2, -0.15) is 0 Å². The Morgan fingerprint density at radius 3 is 2.74 bits per heavy atom. The van der Waals surface area contributed by atoms with E-state index in [0.717, 1.165) is 30.6 Å². The Bertz CT molecular complexity index is 721. The quantitative estimate of drug-likeness (QED) is 0.813. The number of aryl methyl sites for hydroxylation is 1. The molecule has 2 fully saturated rings. The standard InChI is InChI=1S/C21H31N3O3/c1-14-6-7-19(27-5)18(10-14)24-13-16(12-20(24)25)21(26)23(4)17-8-9-22(3)15(2)11-17/h6-7,10,15-17H,8-9,11-13H2,1-5H3/t15-,16-,17+/m1/s1. The first-order valence-corrected chi connectivity index (χ1v) is 9.73. The lowest BCUT2D eigenvalue weighted by Crippen LogP contribution is -2.49. The van der Waals surface area contributed by atoms with Crippen LogP contribution in [0.15, 0.2) is 18.2 Å². The van der Waals surface area contributed by atoms with Crippen molar-refractivity contribution in [2.45, 2.75) is 45.2 Å². The van der Waals surface area contributed by atoms with Gasteiger partial charge in [0.2, 0.25) is 11.8 Å². The van der Waals surface area contributed by atoms with E-state index in [9.17, 15) is 9.59 Å². The smallest absolute Gasteiger partial charge is 0.228 e. The van der Waals surface area contributed by atoms with Crippen molar-refractivity contribution in [1.29, 1.82) is 0 Å². The molecule has 0 spiro atoms. The molecule has 2 heterocycles. The predicted molar refractivity (Wildman–Crippen MR) is 106 cm³/mol. The fraction of sp³-hybridized carbons (Fsp3) is 0.619. The van der Waals surface area contributed by atoms with Gasteiger partial charge < -0.3 is 19.4 Å². The lowest BCUT2D eigenvalue weighted by molar-refractivity contribution is -0.137. The highest BCUT2D eigenvalue weighted by Gasteiger charge is 2.39. The molecule has 2 saturated heterocycles. The molecule has 148 valence electrons. The summed E-state index contributed by atoms with van der Waals surface area (Å²) in [6.45, 7) is 5.61. The van der Waals surface area contributed by atoms with Gasteiger partial charge in [-0.25, -0.2) is 0 Å². The monoisotopic (exact) mass is 373 g/mol. The van der Waals surface area contributed by atoms with Crippen LogP contribution in [0.3, 0.4) is 0 Å². The Morgan fingerprint density at radius 1 is 1.33 bits per heavy atom. The summed E-state index contributed by atoms with van der Waals surface area (Å²) in [6.07, 6.45) is 2.23. The van der Waals surface area contributed by atoms with E-state index in [4.69, 9.17) is 4.74 Å². The minimum absolute atomic E-state index is 0.0117. The first-order chi connectivity index (χ1) is 12.8. The maximum Gasteiger partial charge on any atom is 0.228 e. The molecule has 2 aliphatic rings. The Morgan fingerprint density at radius 2 is 2.07 bits per heavy atom. The number of rotatable bonds is 4. The number of anilines is 1.